The van der Waals surface area contributed by atoms with Gasteiger partial charge in [-0.05, 0) is 12.1 Å². The van der Waals surface area contributed by atoms with E-state index in [0.29, 0.717) is 5.88 Å². The van der Waals surface area contributed by atoms with E-state index >= 15 is 0 Å². The average Bonchev–Trinajstić information content (AvgIpc) is 2.36. The van der Waals surface area contributed by atoms with Crippen LogP contribution in [0.25, 0.3) is 0 Å². The summed E-state index contributed by atoms with van der Waals surface area (Å²) in [6.07, 6.45) is 1.62. The van der Waals surface area contributed by atoms with Gasteiger partial charge in [0, 0.05) is 6.20 Å². The van der Waals surface area contributed by atoms with Gasteiger partial charge in [0.15, 0.2) is 5.88 Å². The number of phosphoric ester groups is 1. The van der Waals surface area contributed by atoms with E-state index < -0.39 is 14.6 Å². The van der Waals surface area contributed by atoms with Crippen molar-refractivity contribution in [3.63, 3.8) is 0 Å². The Morgan fingerprint density at radius 2 is 2.33 bits per heavy atom. The fourth-order valence-electron chi connectivity index (χ4n) is 0.562. The maximum atomic E-state index is 10.1. The summed E-state index contributed by atoms with van der Waals surface area (Å²) in [6.45, 7) is -0.481. The van der Waals surface area contributed by atoms with E-state index in [1.165, 1.54) is 0 Å². The normalized spacial score (nSPS) is 11.5. The minimum Gasteiger partial charge on any atom is -0.452 e. The second-order valence-electron chi connectivity index (χ2n) is 1.92. The summed E-state index contributed by atoms with van der Waals surface area (Å²) in [6, 6.07) is 3.29. The predicted molar refractivity (Wildman–Crippen MR) is 39.4 cm³/mol. The van der Waals surface area contributed by atoms with Crippen molar-refractivity contribution in [2.24, 2.45) is 0 Å². The Balaban J connectivity index is 2.24. The van der Waals surface area contributed by atoms with Crippen LogP contribution in [0.1, 0.15) is 0 Å². The fourth-order valence-corrected chi connectivity index (χ4v) is 0.752. The summed E-state index contributed by atoms with van der Waals surface area (Å²) in [5.41, 5.74) is 0. The predicted octanol–water partition coefficient (Wildman–Crippen LogP) is 0.460. The average molecular weight is 193 g/mol. The molecule has 0 aliphatic heterocycles. The van der Waals surface area contributed by atoms with E-state index in [4.69, 9.17) is 14.5 Å². The summed E-state index contributed by atoms with van der Waals surface area (Å²) in [5, 5.41) is 0. The molecular weight excluding hydrogens is 185 g/mol. The molecule has 12 heavy (non-hydrogen) atoms. The summed E-state index contributed by atoms with van der Waals surface area (Å²) in [5.74, 6) is 0.392. The van der Waals surface area contributed by atoms with Crippen molar-refractivity contribution >= 4 is 7.82 Å². The van der Waals surface area contributed by atoms with E-state index in [-0.39, 0.29) is 0 Å². The van der Waals surface area contributed by atoms with E-state index in [2.05, 4.69) is 9.51 Å². The van der Waals surface area contributed by atoms with Gasteiger partial charge in [-0.2, -0.15) is 0 Å². The van der Waals surface area contributed by atoms with Gasteiger partial charge >= 0.3 is 7.82 Å². The van der Waals surface area contributed by atoms with Gasteiger partial charge in [-0.1, -0.05) is 0 Å². The molecule has 7 heteroatoms. The number of hydrogen-bond donors (Lipinski definition) is 3. The summed E-state index contributed by atoms with van der Waals surface area (Å²) >= 11 is 0. The zero-order valence-electron chi connectivity index (χ0n) is 6.01. The highest BCUT2D eigenvalue weighted by Crippen LogP contribution is 2.35. The third-order valence-corrected chi connectivity index (χ3v) is 1.45. The maximum Gasteiger partial charge on any atom is 0.472 e. The first kappa shape index (κ1) is 9.28. The maximum absolute atomic E-state index is 10.1. The monoisotopic (exact) mass is 193 g/mol. The van der Waals surface area contributed by atoms with E-state index in [1.54, 1.807) is 18.3 Å². The third-order valence-electron chi connectivity index (χ3n) is 1.00. The number of nitrogens with one attached hydrogen (secondary N) is 1. The lowest BCUT2D eigenvalue weighted by molar-refractivity contribution is 0.0800. The number of phosphoric acid groups is 1. The molecule has 0 aliphatic carbocycles. The highest BCUT2D eigenvalue weighted by molar-refractivity contribution is 7.46. The Kier molecular flexibility index (Phi) is 2.88. The fraction of sp³-hybridized carbons (Fsp3) is 0.200. The van der Waals surface area contributed by atoms with Gasteiger partial charge < -0.3 is 19.5 Å². The molecule has 3 N–H and O–H groups in total. The lowest BCUT2D eigenvalue weighted by Crippen LogP contribution is -2.00. The molecule has 0 amide bonds. The number of hydrogen-bond acceptors (Lipinski definition) is 3. The van der Waals surface area contributed by atoms with E-state index in [0.717, 1.165) is 0 Å². The topological polar surface area (TPSA) is 91.8 Å². The minimum atomic E-state index is -4.42. The number of rotatable bonds is 4. The summed E-state index contributed by atoms with van der Waals surface area (Å²) in [4.78, 5) is 19.2. The van der Waals surface area contributed by atoms with Crippen LogP contribution in [0.15, 0.2) is 18.3 Å². The quantitative estimate of drug-likeness (QED) is 0.477. The van der Waals surface area contributed by atoms with Crippen molar-refractivity contribution < 1.29 is 23.6 Å². The van der Waals surface area contributed by atoms with Crippen LogP contribution in [-0.4, -0.2) is 21.6 Å². The van der Waals surface area contributed by atoms with Gasteiger partial charge in [0.25, 0.3) is 0 Å². The van der Waals surface area contributed by atoms with Gasteiger partial charge in [0.1, 0.15) is 0 Å². The Hall–Kier alpha value is -0.810. The molecule has 0 fully saturated rings. The number of aromatic nitrogens is 1. The molecule has 1 rings (SSSR count). The second kappa shape index (κ2) is 3.73. The highest BCUT2D eigenvalue weighted by Gasteiger charge is 2.13. The molecule has 0 saturated carbocycles. The summed E-state index contributed by atoms with van der Waals surface area (Å²) < 4.78 is 18.9. The largest absolute Gasteiger partial charge is 0.472 e. The molecular formula is C5H8NO5P. The molecule has 1 aromatic rings. The first-order valence-electron chi connectivity index (χ1n) is 3.04. The highest BCUT2D eigenvalue weighted by atomic mass is 31.2. The molecule has 0 saturated heterocycles. The minimum absolute atomic E-state index is 0.392. The molecule has 0 spiro atoms. The molecule has 1 aromatic heterocycles. The smallest absolute Gasteiger partial charge is 0.452 e. The molecule has 0 aromatic carbocycles. The molecule has 0 aliphatic rings. The molecule has 0 radical (unpaired) electrons. The van der Waals surface area contributed by atoms with Crippen LogP contribution in [0, 0.1) is 0 Å². The van der Waals surface area contributed by atoms with Crippen molar-refractivity contribution in [1.82, 2.24) is 4.98 Å². The van der Waals surface area contributed by atoms with Crippen molar-refractivity contribution in [2.75, 3.05) is 6.79 Å². The first-order valence-corrected chi connectivity index (χ1v) is 4.57. The van der Waals surface area contributed by atoms with Crippen molar-refractivity contribution in [3.8, 4) is 5.88 Å². The first-order chi connectivity index (χ1) is 5.58. The lowest BCUT2D eigenvalue weighted by atomic mass is 10.7. The third kappa shape index (κ3) is 3.54. The van der Waals surface area contributed by atoms with Crippen LogP contribution >= 0.6 is 7.82 Å². The molecule has 0 bridgehead atoms. The van der Waals surface area contributed by atoms with Crippen LogP contribution < -0.4 is 4.74 Å². The standard InChI is InChI=1S/C5H8NO5P/c7-12(8,9)11-4-10-5-2-1-3-6-5/h1-3,6H,4H2,(H2,7,8,9). The Morgan fingerprint density at radius 1 is 1.58 bits per heavy atom. The van der Waals surface area contributed by atoms with Crippen LogP contribution in [0.3, 0.4) is 0 Å². The Morgan fingerprint density at radius 3 is 2.83 bits per heavy atom. The summed E-state index contributed by atoms with van der Waals surface area (Å²) in [7, 11) is -4.42. The molecule has 6 nitrogen and oxygen atoms in total. The molecule has 0 atom stereocenters. The Labute approximate surface area is 68.4 Å². The van der Waals surface area contributed by atoms with E-state index in [1.807, 2.05) is 0 Å². The zero-order chi connectivity index (χ0) is 9.03. The van der Waals surface area contributed by atoms with Crippen LogP contribution in [-0.2, 0) is 9.09 Å². The van der Waals surface area contributed by atoms with Gasteiger partial charge in [0.05, 0.1) is 0 Å². The van der Waals surface area contributed by atoms with Crippen LogP contribution in [0.5, 0.6) is 5.88 Å². The van der Waals surface area contributed by atoms with Gasteiger partial charge in [-0.25, -0.2) is 9.09 Å². The second-order valence-corrected chi connectivity index (χ2v) is 3.16. The van der Waals surface area contributed by atoms with Crippen molar-refractivity contribution in [1.29, 1.82) is 0 Å². The van der Waals surface area contributed by atoms with Crippen molar-refractivity contribution in [3.05, 3.63) is 18.3 Å². The van der Waals surface area contributed by atoms with Gasteiger partial charge in [-0.3, -0.25) is 0 Å². The number of aromatic amines is 1. The molecule has 1 heterocycles. The van der Waals surface area contributed by atoms with Gasteiger partial charge in [0.2, 0.25) is 6.79 Å². The van der Waals surface area contributed by atoms with E-state index in [9.17, 15) is 4.57 Å². The number of H-pyrrole nitrogens is 1. The van der Waals surface area contributed by atoms with Crippen LogP contribution in [0.2, 0.25) is 0 Å². The Bertz CT molecular complexity index is 265. The zero-order valence-corrected chi connectivity index (χ0v) is 6.90. The SMILES string of the molecule is O=P(O)(O)OCOc1ccc[nH]1. The van der Waals surface area contributed by atoms with Gasteiger partial charge in [-0.15, -0.1) is 0 Å². The van der Waals surface area contributed by atoms with Crippen LogP contribution in [0.4, 0.5) is 0 Å². The molecule has 68 valence electrons. The van der Waals surface area contributed by atoms with Crippen molar-refractivity contribution in [2.45, 2.75) is 0 Å². The number of ether oxygens (including phenoxy) is 1. The lowest BCUT2D eigenvalue weighted by Gasteiger charge is -2.05. The molecule has 0 unspecified atom stereocenters.